The summed E-state index contributed by atoms with van der Waals surface area (Å²) in [5.74, 6) is 2.03. The lowest BCUT2D eigenvalue weighted by atomic mass is 10.1. The molecule has 0 bridgehead atoms. The van der Waals surface area contributed by atoms with Crippen LogP contribution in [0.15, 0.2) is 18.2 Å². The molecule has 0 aliphatic carbocycles. The maximum absolute atomic E-state index is 13.8. The van der Waals surface area contributed by atoms with Gasteiger partial charge in [0.15, 0.2) is 5.82 Å². The number of alkyl halides is 1. The van der Waals surface area contributed by atoms with E-state index in [0.717, 1.165) is 18.4 Å². The summed E-state index contributed by atoms with van der Waals surface area (Å²) in [6, 6.07) is 5.19. The summed E-state index contributed by atoms with van der Waals surface area (Å²) in [5, 5.41) is 0. The van der Waals surface area contributed by atoms with E-state index >= 15 is 0 Å². The van der Waals surface area contributed by atoms with Gasteiger partial charge in [-0.3, -0.25) is 4.21 Å². The smallest absolute Gasteiger partial charge is 0.151 e. The Morgan fingerprint density at radius 1 is 1.42 bits per heavy atom. The van der Waals surface area contributed by atoms with Gasteiger partial charge in [-0.15, -0.1) is 11.6 Å². The minimum Gasteiger partial charge on any atom is -0.324 e. The molecule has 19 heavy (non-hydrogen) atoms. The standard InChI is InChI=1S/C13H14ClFN2OS/c14-8-12-16-13-10(15)2-1-3-11(13)17(12)9-4-6-19(18)7-5-9/h1-3,9H,4-8H2. The molecule has 0 radical (unpaired) electrons. The Labute approximate surface area is 118 Å². The van der Waals surface area contributed by atoms with Gasteiger partial charge in [0, 0.05) is 28.3 Å². The molecule has 1 aromatic heterocycles. The number of hydrogen-bond acceptors (Lipinski definition) is 2. The monoisotopic (exact) mass is 300 g/mol. The van der Waals surface area contributed by atoms with E-state index in [9.17, 15) is 8.60 Å². The van der Waals surface area contributed by atoms with Crippen LogP contribution in [-0.4, -0.2) is 25.3 Å². The summed E-state index contributed by atoms with van der Waals surface area (Å²) in [6.45, 7) is 0. The average Bonchev–Trinajstić information content (AvgIpc) is 2.80. The first-order chi connectivity index (χ1) is 9.20. The SMILES string of the molecule is O=S1CCC(n2c(CCl)nc3c(F)cccc32)CC1. The first-order valence-electron chi connectivity index (χ1n) is 6.27. The minimum absolute atomic E-state index is 0.221. The Bertz CT molecular complexity index is 633. The molecule has 2 heterocycles. The van der Waals surface area contributed by atoms with Gasteiger partial charge in [-0.2, -0.15) is 0 Å². The molecule has 1 fully saturated rings. The molecule has 0 unspecified atom stereocenters. The second kappa shape index (κ2) is 5.21. The second-order valence-electron chi connectivity index (χ2n) is 4.72. The van der Waals surface area contributed by atoms with Crippen LogP contribution < -0.4 is 0 Å². The molecule has 0 saturated carbocycles. The van der Waals surface area contributed by atoms with Crippen LogP contribution in [-0.2, 0) is 16.7 Å². The topological polar surface area (TPSA) is 34.9 Å². The third-order valence-corrected chi connectivity index (χ3v) is 5.21. The average molecular weight is 301 g/mol. The number of benzene rings is 1. The Kier molecular flexibility index (Phi) is 3.58. The van der Waals surface area contributed by atoms with Crippen molar-refractivity contribution in [3.63, 3.8) is 0 Å². The van der Waals surface area contributed by atoms with Gasteiger partial charge >= 0.3 is 0 Å². The fourth-order valence-corrected chi connectivity index (χ4v) is 4.13. The van der Waals surface area contributed by atoms with Crippen LogP contribution in [0.1, 0.15) is 24.7 Å². The van der Waals surface area contributed by atoms with E-state index in [0.29, 0.717) is 22.8 Å². The Morgan fingerprint density at radius 3 is 2.84 bits per heavy atom. The normalized spacial score (nSPS) is 23.9. The van der Waals surface area contributed by atoms with Gasteiger partial charge in [0.2, 0.25) is 0 Å². The largest absolute Gasteiger partial charge is 0.324 e. The summed E-state index contributed by atoms with van der Waals surface area (Å²) in [5.41, 5.74) is 1.16. The summed E-state index contributed by atoms with van der Waals surface area (Å²) in [4.78, 5) is 4.31. The van der Waals surface area contributed by atoms with Gasteiger partial charge < -0.3 is 4.57 Å². The molecule has 1 aliphatic rings. The Morgan fingerprint density at radius 2 is 2.16 bits per heavy atom. The lowest BCUT2D eigenvalue weighted by Crippen LogP contribution is -2.22. The summed E-state index contributed by atoms with van der Waals surface area (Å²) in [7, 11) is -0.710. The van der Waals surface area contributed by atoms with Crippen molar-refractivity contribution in [2.45, 2.75) is 24.8 Å². The van der Waals surface area contributed by atoms with Crippen molar-refractivity contribution in [3.05, 3.63) is 29.8 Å². The number of nitrogens with zero attached hydrogens (tertiary/aromatic N) is 2. The van der Waals surface area contributed by atoms with E-state index in [2.05, 4.69) is 4.98 Å². The molecule has 3 rings (SSSR count). The highest BCUT2D eigenvalue weighted by Gasteiger charge is 2.24. The van der Waals surface area contributed by atoms with Crippen molar-refractivity contribution in [1.82, 2.24) is 9.55 Å². The van der Waals surface area contributed by atoms with Crippen LogP contribution in [0.25, 0.3) is 11.0 Å². The first-order valence-corrected chi connectivity index (χ1v) is 8.29. The van der Waals surface area contributed by atoms with Crippen LogP contribution >= 0.6 is 11.6 Å². The van der Waals surface area contributed by atoms with E-state index in [4.69, 9.17) is 11.6 Å². The molecular weight excluding hydrogens is 287 g/mol. The molecule has 2 aromatic rings. The number of hydrogen-bond donors (Lipinski definition) is 0. The lowest BCUT2D eigenvalue weighted by molar-refractivity contribution is 0.462. The summed E-state index contributed by atoms with van der Waals surface area (Å²) < 4.78 is 27.3. The zero-order valence-electron chi connectivity index (χ0n) is 10.3. The predicted octanol–water partition coefficient (Wildman–Crippen LogP) is 3.00. The van der Waals surface area contributed by atoms with Gasteiger partial charge in [0.05, 0.1) is 11.4 Å². The van der Waals surface area contributed by atoms with Crippen molar-refractivity contribution >= 4 is 33.4 Å². The molecule has 0 atom stereocenters. The van der Waals surface area contributed by atoms with E-state index in [1.165, 1.54) is 6.07 Å². The van der Waals surface area contributed by atoms with Crippen LogP contribution in [0.2, 0.25) is 0 Å². The third kappa shape index (κ3) is 2.30. The quantitative estimate of drug-likeness (QED) is 0.799. The number of imidazole rings is 1. The Balaban J connectivity index is 2.11. The second-order valence-corrected chi connectivity index (χ2v) is 6.68. The summed E-state index contributed by atoms with van der Waals surface area (Å²) >= 11 is 5.94. The number of fused-ring (bicyclic) bond motifs is 1. The maximum Gasteiger partial charge on any atom is 0.151 e. The van der Waals surface area contributed by atoms with Crippen molar-refractivity contribution in [2.75, 3.05) is 11.5 Å². The molecule has 1 aromatic carbocycles. The van der Waals surface area contributed by atoms with Gasteiger partial charge in [-0.05, 0) is 25.0 Å². The number of para-hydroxylation sites is 1. The molecule has 0 amide bonds. The zero-order valence-corrected chi connectivity index (χ0v) is 11.9. The first kappa shape index (κ1) is 13.1. The van der Waals surface area contributed by atoms with Crippen molar-refractivity contribution < 1.29 is 8.60 Å². The predicted molar refractivity (Wildman–Crippen MR) is 75.4 cm³/mol. The molecule has 102 valence electrons. The van der Waals surface area contributed by atoms with Gasteiger partial charge in [0.1, 0.15) is 11.3 Å². The van der Waals surface area contributed by atoms with Crippen molar-refractivity contribution in [1.29, 1.82) is 0 Å². The highest BCUT2D eigenvalue weighted by Crippen LogP contribution is 2.30. The molecule has 0 spiro atoms. The third-order valence-electron chi connectivity index (χ3n) is 3.59. The van der Waals surface area contributed by atoms with Crippen LogP contribution in [0, 0.1) is 5.82 Å². The van der Waals surface area contributed by atoms with Gasteiger partial charge in [-0.1, -0.05) is 6.07 Å². The van der Waals surface area contributed by atoms with E-state index in [1.54, 1.807) is 6.07 Å². The maximum atomic E-state index is 13.8. The van der Waals surface area contributed by atoms with Gasteiger partial charge in [0.25, 0.3) is 0 Å². The molecule has 0 N–H and O–H groups in total. The van der Waals surface area contributed by atoms with Crippen LogP contribution in [0.4, 0.5) is 4.39 Å². The van der Waals surface area contributed by atoms with Crippen molar-refractivity contribution in [2.24, 2.45) is 0 Å². The molecule has 1 aliphatic heterocycles. The highest BCUT2D eigenvalue weighted by molar-refractivity contribution is 7.85. The minimum atomic E-state index is -0.710. The number of halogens is 2. The van der Waals surface area contributed by atoms with Crippen molar-refractivity contribution in [3.8, 4) is 0 Å². The molecule has 3 nitrogen and oxygen atoms in total. The molecular formula is C13H14ClFN2OS. The van der Waals surface area contributed by atoms with Crippen LogP contribution in [0.5, 0.6) is 0 Å². The summed E-state index contributed by atoms with van der Waals surface area (Å²) in [6.07, 6.45) is 1.66. The molecule has 6 heteroatoms. The number of rotatable bonds is 2. The fourth-order valence-electron chi connectivity index (χ4n) is 2.67. The highest BCUT2D eigenvalue weighted by atomic mass is 35.5. The number of aromatic nitrogens is 2. The van der Waals surface area contributed by atoms with E-state index in [1.807, 2.05) is 10.6 Å². The van der Waals surface area contributed by atoms with Gasteiger partial charge in [-0.25, -0.2) is 9.37 Å². The van der Waals surface area contributed by atoms with E-state index < -0.39 is 10.8 Å². The molecule has 1 saturated heterocycles. The van der Waals surface area contributed by atoms with E-state index in [-0.39, 0.29) is 17.7 Å². The lowest BCUT2D eigenvalue weighted by Gasteiger charge is -2.25. The van der Waals surface area contributed by atoms with Crippen LogP contribution in [0.3, 0.4) is 0 Å². The Hall–Kier alpha value is -0.940. The zero-order chi connectivity index (χ0) is 13.4. The fraction of sp³-hybridized carbons (Fsp3) is 0.462.